The Bertz CT molecular complexity index is 470. The van der Waals surface area contributed by atoms with Gasteiger partial charge in [-0.25, -0.2) is 0 Å². The first kappa shape index (κ1) is 14.2. The minimum absolute atomic E-state index is 0.738. The average Bonchev–Trinajstić information content (AvgIpc) is 3.24. The number of benzene rings is 1. The number of rotatable bonds is 4. The predicted octanol–water partition coefficient (Wildman–Crippen LogP) is 4.07. The maximum Gasteiger partial charge on any atom is 0.0642 e. The molecule has 3 rings (SSSR count). The summed E-state index contributed by atoms with van der Waals surface area (Å²) < 4.78 is 0. The van der Waals surface area contributed by atoms with Gasteiger partial charge in [0.2, 0.25) is 0 Å². The zero-order valence-electron chi connectivity index (χ0n) is 12.5. The first-order valence-corrected chi connectivity index (χ1v) is 8.28. The van der Waals surface area contributed by atoms with Crippen molar-refractivity contribution in [1.29, 1.82) is 0 Å². The van der Waals surface area contributed by atoms with Gasteiger partial charge in [0.25, 0.3) is 0 Å². The van der Waals surface area contributed by atoms with E-state index in [0.29, 0.717) is 0 Å². The minimum Gasteiger partial charge on any atom is -0.370 e. The molecule has 0 aromatic heterocycles. The average molecular weight is 293 g/mol. The monoisotopic (exact) mass is 292 g/mol. The Balaban J connectivity index is 1.79. The lowest BCUT2D eigenvalue weighted by Crippen LogP contribution is -2.39. The number of anilines is 1. The molecule has 2 fully saturated rings. The molecule has 2 atom stereocenters. The number of halogens is 1. The molecule has 20 heavy (non-hydrogen) atoms. The normalized spacial score (nSPS) is 26.9. The van der Waals surface area contributed by atoms with Crippen molar-refractivity contribution in [3.05, 3.63) is 28.8 Å². The molecule has 1 aliphatic heterocycles. The van der Waals surface area contributed by atoms with Crippen LogP contribution in [-0.4, -0.2) is 19.1 Å². The number of nitrogens with zero attached hydrogens (tertiary/aromatic N) is 1. The van der Waals surface area contributed by atoms with E-state index in [0.717, 1.165) is 42.5 Å². The topological polar surface area (TPSA) is 15.3 Å². The van der Waals surface area contributed by atoms with Gasteiger partial charge in [0.05, 0.1) is 10.7 Å². The summed E-state index contributed by atoms with van der Waals surface area (Å²) in [6.45, 7) is 7.92. The highest BCUT2D eigenvalue weighted by molar-refractivity contribution is 6.33. The van der Waals surface area contributed by atoms with E-state index >= 15 is 0 Å². The van der Waals surface area contributed by atoms with Crippen LogP contribution in [-0.2, 0) is 6.54 Å². The van der Waals surface area contributed by atoms with Gasteiger partial charge < -0.3 is 10.2 Å². The lowest BCUT2D eigenvalue weighted by atomic mass is 9.88. The fourth-order valence-electron chi connectivity index (χ4n) is 3.06. The molecular formula is C17H25ClN2. The molecule has 2 nitrogen and oxygen atoms in total. The van der Waals surface area contributed by atoms with Crippen molar-refractivity contribution in [2.45, 2.75) is 45.7 Å². The zero-order chi connectivity index (χ0) is 14.1. The van der Waals surface area contributed by atoms with Crippen LogP contribution >= 0.6 is 11.6 Å². The number of para-hydroxylation sites is 1. The van der Waals surface area contributed by atoms with E-state index in [1.165, 1.54) is 30.5 Å². The molecule has 1 aromatic rings. The highest BCUT2D eigenvalue weighted by Crippen LogP contribution is 2.35. The molecule has 3 heteroatoms. The van der Waals surface area contributed by atoms with Crippen molar-refractivity contribution < 1.29 is 0 Å². The van der Waals surface area contributed by atoms with Gasteiger partial charge >= 0.3 is 0 Å². The third-order valence-corrected chi connectivity index (χ3v) is 5.18. The largest absolute Gasteiger partial charge is 0.370 e. The second-order valence-electron chi connectivity index (χ2n) is 6.59. The summed E-state index contributed by atoms with van der Waals surface area (Å²) in [5, 5.41) is 4.52. The Morgan fingerprint density at radius 3 is 2.70 bits per heavy atom. The Labute approximate surface area is 127 Å². The van der Waals surface area contributed by atoms with E-state index in [2.05, 4.69) is 36.2 Å². The van der Waals surface area contributed by atoms with E-state index in [9.17, 15) is 0 Å². The van der Waals surface area contributed by atoms with Crippen LogP contribution in [0.15, 0.2) is 18.2 Å². The van der Waals surface area contributed by atoms with Crippen molar-refractivity contribution in [2.75, 3.05) is 18.0 Å². The van der Waals surface area contributed by atoms with E-state index < -0.39 is 0 Å². The number of hydrogen-bond acceptors (Lipinski definition) is 2. The standard InChI is InChI=1S/C17H25ClN2/c1-12-8-9-20(11-13(12)2)17-14(4-3-5-16(17)18)10-19-15-6-7-15/h3-5,12-13,15,19H,6-11H2,1-2H3. The molecule has 1 heterocycles. The fourth-order valence-corrected chi connectivity index (χ4v) is 3.38. The van der Waals surface area contributed by atoms with Crippen LogP contribution in [0.2, 0.25) is 5.02 Å². The van der Waals surface area contributed by atoms with Gasteiger partial charge in [0.15, 0.2) is 0 Å². The minimum atomic E-state index is 0.738. The smallest absolute Gasteiger partial charge is 0.0642 e. The summed E-state index contributed by atoms with van der Waals surface area (Å²) in [4.78, 5) is 2.50. The Hall–Kier alpha value is -0.730. The van der Waals surface area contributed by atoms with Crippen molar-refractivity contribution >= 4 is 17.3 Å². The van der Waals surface area contributed by atoms with Gasteiger partial charge in [-0.15, -0.1) is 0 Å². The summed E-state index contributed by atoms with van der Waals surface area (Å²) in [5.41, 5.74) is 2.62. The summed E-state index contributed by atoms with van der Waals surface area (Å²) >= 11 is 6.51. The van der Waals surface area contributed by atoms with Crippen LogP contribution in [0.4, 0.5) is 5.69 Å². The molecule has 2 aliphatic rings. The third kappa shape index (κ3) is 3.12. The molecule has 0 spiro atoms. The van der Waals surface area contributed by atoms with E-state index in [1.54, 1.807) is 0 Å². The first-order chi connectivity index (χ1) is 9.65. The van der Waals surface area contributed by atoms with Gasteiger partial charge in [0.1, 0.15) is 0 Å². The second kappa shape index (κ2) is 5.95. The molecule has 1 saturated heterocycles. The maximum atomic E-state index is 6.51. The molecular weight excluding hydrogens is 268 g/mol. The first-order valence-electron chi connectivity index (χ1n) is 7.91. The molecule has 1 aromatic carbocycles. The molecule has 0 amide bonds. The van der Waals surface area contributed by atoms with Gasteiger partial charge in [-0.3, -0.25) is 0 Å². The molecule has 2 unspecified atom stereocenters. The number of nitrogens with one attached hydrogen (secondary N) is 1. The number of hydrogen-bond donors (Lipinski definition) is 1. The lowest BCUT2D eigenvalue weighted by molar-refractivity contribution is 0.323. The van der Waals surface area contributed by atoms with Crippen molar-refractivity contribution in [3.63, 3.8) is 0 Å². The Kier molecular flexibility index (Phi) is 4.23. The van der Waals surface area contributed by atoms with Crippen molar-refractivity contribution in [3.8, 4) is 0 Å². The molecule has 0 radical (unpaired) electrons. The molecule has 110 valence electrons. The van der Waals surface area contributed by atoms with Gasteiger partial charge in [-0.1, -0.05) is 37.6 Å². The van der Waals surface area contributed by atoms with Crippen LogP contribution < -0.4 is 10.2 Å². The van der Waals surface area contributed by atoms with E-state index in [-0.39, 0.29) is 0 Å². The van der Waals surface area contributed by atoms with Gasteiger partial charge in [-0.05, 0) is 42.7 Å². The third-order valence-electron chi connectivity index (χ3n) is 4.88. The van der Waals surface area contributed by atoms with Crippen LogP contribution in [0.3, 0.4) is 0 Å². The Morgan fingerprint density at radius 2 is 2.00 bits per heavy atom. The SMILES string of the molecule is CC1CCN(c2c(Cl)cccc2CNC2CC2)CC1C. The predicted molar refractivity (Wildman–Crippen MR) is 86.5 cm³/mol. The lowest BCUT2D eigenvalue weighted by Gasteiger charge is -2.38. The highest BCUT2D eigenvalue weighted by Gasteiger charge is 2.26. The van der Waals surface area contributed by atoms with Gasteiger partial charge in [-0.2, -0.15) is 0 Å². The van der Waals surface area contributed by atoms with Crippen molar-refractivity contribution in [2.24, 2.45) is 11.8 Å². The summed E-state index contributed by atoms with van der Waals surface area (Å²) in [6, 6.07) is 7.06. The van der Waals surface area contributed by atoms with Crippen LogP contribution in [0.5, 0.6) is 0 Å². The van der Waals surface area contributed by atoms with Crippen LogP contribution in [0, 0.1) is 11.8 Å². The van der Waals surface area contributed by atoms with E-state index in [4.69, 9.17) is 11.6 Å². The van der Waals surface area contributed by atoms with Crippen molar-refractivity contribution in [1.82, 2.24) is 5.32 Å². The summed E-state index contributed by atoms with van der Waals surface area (Å²) in [6.07, 6.45) is 3.92. The molecule has 1 saturated carbocycles. The summed E-state index contributed by atoms with van der Waals surface area (Å²) in [7, 11) is 0. The summed E-state index contributed by atoms with van der Waals surface area (Å²) in [5.74, 6) is 1.56. The maximum absolute atomic E-state index is 6.51. The van der Waals surface area contributed by atoms with Crippen LogP contribution in [0.25, 0.3) is 0 Å². The van der Waals surface area contributed by atoms with E-state index in [1.807, 2.05) is 6.07 Å². The fraction of sp³-hybridized carbons (Fsp3) is 0.647. The molecule has 0 bridgehead atoms. The number of piperidine rings is 1. The molecule has 1 N–H and O–H groups in total. The van der Waals surface area contributed by atoms with Gasteiger partial charge in [0, 0.05) is 25.7 Å². The second-order valence-corrected chi connectivity index (χ2v) is 7.00. The quantitative estimate of drug-likeness (QED) is 0.900. The van der Waals surface area contributed by atoms with Crippen LogP contribution in [0.1, 0.15) is 38.7 Å². The highest BCUT2D eigenvalue weighted by atomic mass is 35.5. The zero-order valence-corrected chi connectivity index (χ0v) is 13.3. The Morgan fingerprint density at radius 1 is 1.20 bits per heavy atom. The molecule has 1 aliphatic carbocycles.